The third-order valence-corrected chi connectivity index (χ3v) is 5.38. The van der Waals surface area contributed by atoms with Gasteiger partial charge in [0.15, 0.2) is 11.0 Å². The molecule has 1 saturated heterocycles. The molecular formula is C17H23N5OS. The van der Waals surface area contributed by atoms with Gasteiger partial charge in [-0.15, -0.1) is 10.2 Å². The zero-order chi connectivity index (χ0) is 16.9. The minimum Gasteiger partial charge on any atom is -0.342 e. The molecule has 6 nitrogen and oxygen atoms in total. The van der Waals surface area contributed by atoms with Gasteiger partial charge in [-0.25, -0.2) is 0 Å². The maximum absolute atomic E-state index is 12.4. The van der Waals surface area contributed by atoms with E-state index in [0.29, 0.717) is 5.75 Å². The van der Waals surface area contributed by atoms with Gasteiger partial charge in [0.1, 0.15) is 0 Å². The lowest BCUT2D eigenvalue weighted by atomic mass is 9.99. The average molecular weight is 345 g/mol. The summed E-state index contributed by atoms with van der Waals surface area (Å²) < 4.78 is 2.05. The smallest absolute Gasteiger partial charge is 0.233 e. The number of thioether (sulfide) groups is 1. The molecule has 2 aromatic rings. The van der Waals surface area contributed by atoms with Gasteiger partial charge in [-0.1, -0.05) is 18.7 Å². The Bertz CT molecular complexity index is 680. The highest BCUT2D eigenvalue weighted by Crippen LogP contribution is 2.24. The van der Waals surface area contributed by atoms with Gasteiger partial charge in [-0.2, -0.15) is 0 Å². The molecule has 1 aliphatic rings. The SMILES string of the molecule is CCn1c(SCC(=O)N2CCC(C)CC2)nnc1-c1ccncc1. The van der Waals surface area contributed by atoms with Crippen molar-refractivity contribution in [2.45, 2.75) is 38.4 Å². The highest BCUT2D eigenvalue weighted by molar-refractivity contribution is 7.99. The van der Waals surface area contributed by atoms with Crippen molar-refractivity contribution in [2.75, 3.05) is 18.8 Å². The summed E-state index contributed by atoms with van der Waals surface area (Å²) in [5, 5.41) is 9.37. The summed E-state index contributed by atoms with van der Waals surface area (Å²) in [4.78, 5) is 18.4. The Morgan fingerprint density at radius 1 is 1.25 bits per heavy atom. The van der Waals surface area contributed by atoms with E-state index < -0.39 is 0 Å². The van der Waals surface area contributed by atoms with Crippen LogP contribution in [0.4, 0.5) is 0 Å². The number of carbonyl (C=O) groups is 1. The van der Waals surface area contributed by atoms with Crippen LogP contribution in [0.2, 0.25) is 0 Å². The molecule has 128 valence electrons. The largest absolute Gasteiger partial charge is 0.342 e. The normalized spacial score (nSPS) is 15.7. The highest BCUT2D eigenvalue weighted by Gasteiger charge is 2.21. The zero-order valence-electron chi connectivity index (χ0n) is 14.2. The summed E-state index contributed by atoms with van der Waals surface area (Å²) in [6.45, 7) is 6.84. The Kier molecular flexibility index (Phi) is 5.50. The topological polar surface area (TPSA) is 63.9 Å². The van der Waals surface area contributed by atoms with Gasteiger partial charge in [0.05, 0.1) is 5.75 Å². The fourth-order valence-electron chi connectivity index (χ4n) is 2.87. The van der Waals surface area contributed by atoms with E-state index in [4.69, 9.17) is 0 Å². The predicted octanol–water partition coefficient (Wildman–Crippen LogP) is 2.71. The van der Waals surface area contributed by atoms with Gasteiger partial charge in [-0.05, 0) is 37.8 Å². The summed E-state index contributed by atoms with van der Waals surface area (Å²) in [5.74, 6) is 2.17. The van der Waals surface area contributed by atoms with Crippen LogP contribution in [0, 0.1) is 5.92 Å². The number of likely N-dealkylation sites (tertiary alicyclic amines) is 1. The summed E-state index contributed by atoms with van der Waals surface area (Å²) >= 11 is 1.47. The lowest BCUT2D eigenvalue weighted by molar-refractivity contribution is -0.129. The third kappa shape index (κ3) is 3.77. The molecule has 0 spiro atoms. The lowest BCUT2D eigenvalue weighted by Crippen LogP contribution is -2.38. The van der Waals surface area contributed by atoms with Gasteiger partial charge in [0, 0.05) is 37.6 Å². The molecule has 0 atom stereocenters. The minimum atomic E-state index is 0.197. The van der Waals surface area contributed by atoms with Gasteiger partial charge in [0.2, 0.25) is 5.91 Å². The first kappa shape index (κ1) is 17.0. The van der Waals surface area contributed by atoms with E-state index in [0.717, 1.165) is 54.9 Å². The van der Waals surface area contributed by atoms with Crippen LogP contribution in [-0.4, -0.2) is 49.4 Å². The molecule has 3 heterocycles. The first-order valence-corrected chi connectivity index (χ1v) is 9.41. The van der Waals surface area contributed by atoms with Crippen LogP contribution in [0.25, 0.3) is 11.4 Å². The van der Waals surface area contributed by atoms with Gasteiger partial charge in [-0.3, -0.25) is 9.78 Å². The Hall–Kier alpha value is -1.89. The Morgan fingerprint density at radius 2 is 1.96 bits per heavy atom. The summed E-state index contributed by atoms with van der Waals surface area (Å²) in [6.07, 6.45) is 5.71. The maximum atomic E-state index is 12.4. The van der Waals surface area contributed by atoms with Crippen LogP contribution in [0.5, 0.6) is 0 Å². The van der Waals surface area contributed by atoms with Crippen molar-refractivity contribution in [3.63, 3.8) is 0 Å². The Morgan fingerprint density at radius 3 is 2.62 bits per heavy atom. The molecule has 0 aromatic carbocycles. The van der Waals surface area contributed by atoms with Crippen LogP contribution in [0.1, 0.15) is 26.7 Å². The molecule has 3 rings (SSSR count). The van der Waals surface area contributed by atoms with Crippen LogP contribution in [-0.2, 0) is 11.3 Å². The van der Waals surface area contributed by atoms with Crippen molar-refractivity contribution in [3.8, 4) is 11.4 Å². The van der Waals surface area contributed by atoms with E-state index >= 15 is 0 Å². The number of hydrogen-bond acceptors (Lipinski definition) is 5. The van der Waals surface area contributed by atoms with Crippen molar-refractivity contribution in [3.05, 3.63) is 24.5 Å². The number of aromatic nitrogens is 4. The van der Waals surface area contributed by atoms with E-state index in [1.165, 1.54) is 11.8 Å². The summed E-state index contributed by atoms with van der Waals surface area (Å²) in [6, 6.07) is 3.84. The number of hydrogen-bond donors (Lipinski definition) is 0. The molecule has 0 N–H and O–H groups in total. The first-order valence-electron chi connectivity index (χ1n) is 8.43. The minimum absolute atomic E-state index is 0.197. The van der Waals surface area contributed by atoms with Crippen molar-refractivity contribution >= 4 is 17.7 Å². The van der Waals surface area contributed by atoms with Crippen LogP contribution in [0.15, 0.2) is 29.7 Å². The Balaban J connectivity index is 1.65. The average Bonchev–Trinajstić information content (AvgIpc) is 3.04. The molecule has 0 aliphatic carbocycles. The van der Waals surface area contributed by atoms with Crippen molar-refractivity contribution in [1.82, 2.24) is 24.6 Å². The van der Waals surface area contributed by atoms with E-state index in [-0.39, 0.29) is 5.91 Å². The second-order valence-electron chi connectivity index (χ2n) is 6.14. The number of nitrogens with zero attached hydrogens (tertiary/aromatic N) is 5. The number of piperidine rings is 1. The lowest BCUT2D eigenvalue weighted by Gasteiger charge is -2.30. The van der Waals surface area contributed by atoms with Crippen molar-refractivity contribution in [2.24, 2.45) is 5.92 Å². The van der Waals surface area contributed by atoms with Crippen LogP contribution in [0.3, 0.4) is 0 Å². The number of amides is 1. The van der Waals surface area contributed by atoms with Crippen molar-refractivity contribution < 1.29 is 4.79 Å². The molecule has 0 saturated carbocycles. The molecular weight excluding hydrogens is 322 g/mol. The molecule has 7 heteroatoms. The van der Waals surface area contributed by atoms with Crippen LogP contribution >= 0.6 is 11.8 Å². The number of pyridine rings is 1. The van der Waals surface area contributed by atoms with Crippen LogP contribution < -0.4 is 0 Å². The quantitative estimate of drug-likeness (QED) is 0.780. The molecule has 1 aliphatic heterocycles. The van der Waals surface area contributed by atoms with Gasteiger partial charge in [0.25, 0.3) is 0 Å². The standard InChI is InChI=1S/C17H23N5OS/c1-3-22-16(14-4-8-18-9-5-14)19-20-17(22)24-12-15(23)21-10-6-13(2)7-11-21/h4-5,8-9,13H,3,6-7,10-12H2,1-2H3. The van der Waals surface area contributed by atoms with E-state index in [1.54, 1.807) is 12.4 Å². The fourth-order valence-corrected chi connectivity index (χ4v) is 3.78. The second kappa shape index (κ2) is 7.79. The maximum Gasteiger partial charge on any atom is 0.233 e. The fraction of sp³-hybridized carbons (Fsp3) is 0.529. The first-order chi connectivity index (χ1) is 11.7. The van der Waals surface area contributed by atoms with Gasteiger partial charge < -0.3 is 9.47 Å². The number of carbonyl (C=O) groups excluding carboxylic acids is 1. The second-order valence-corrected chi connectivity index (χ2v) is 7.08. The van der Waals surface area contributed by atoms with E-state index in [1.807, 2.05) is 21.6 Å². The predicted molar refractivity (Wildman–Crippen MR) is 94.6 cm³/mol. The Labute approximate surface area is 146 Å². The molecule has 1 amide bonds. The van der Waals surface area contributed by atoms with Crippen molar-refractivity contribution in [1.29, 1.82) is 0 Å². The number of rotatable bonds is 5. The summed E-state index contributed by atoms with van der Waals surface area (Å²) in [7, 11) is 0. The monoisotopic (exact) mass is 345 g/mol. The molecule has 0 radical (unpaired) electrons. The van der Waals surface area contributed by atoms with Gasteiger partial charge >= 0.3 is 0 Å². The van der Waals surface area contributed by atoms with E-state index in [9.17, 15) is 4.79 Å². The molecule has 0 bridgehead atoms. The molecule has 24 heavy (non-hydrogen) atoms. The van der Waals surface area contributed by atoms with E-state index in [2.05, 4.69) is 29.0 Å². The molecule has 1 fully saturated rings. The molecule has 2 aromatic heterocycles. The highest BCUT2D eigenvalue weighted by atomic mass is 32.2. The molecule has 0 unspecified atom stereocenters. The summed E-state index contributed by atoms with van der Waals surface area (Å²) in [5.41, 5.74) is 0.988. The zero-order valence-corrected chi connectivity index (χ0v) is 15.0. The third-order valence-electron chi connectivity index (χ3n) is 4.43.